The lowest BCUT2D eigenvalue weighted by Gasteiger charge is -2.19. The number of guanidine groups is 1. The Balaban J connectivity index is 1.96. The molecule has 22 heavy (non-hydrogen) atoms. The van der Waals surface area contributed by atoms with Crippen LogP contribution in [-0.4, -0.2) is 76.6 Å². The van der Waals surface area contributed by atoms with Gasteiger partial charge in [0.15, 0.2) is 5.96 Å². The molecule has 0 aromatic carbocycles. The molecule has 1 atom stereocenters. The quantitative estimate of drug-likeness (QED) is 0.339. The van der Waals surface area contributed by atoms with Crippen LogP contribution < -0.4 is 10.6 Å². The van der Waals surface area contributed by atoms with Gasteiger partial charge in [-0.1, -0.05) is 13.8 Å². The van der Waals surface area contributed by atoms with Crippen molar-refractivity contribution in [3.8, 4) is 0 Å². The Labute approximate surface area is 135 Å². The predicted molar refractivity (Wildman–Crippen MR) is 91.6 cm³/mol. The Kier molecular flexibility index (Phi) is 11.1. The summed E-state index contributed by atoms with van der Waals surface area (Å²) >= 11 is 0. The van der Waals surface area contributed by atoms with E-state index in [1.54, 1.807) is 7.05 Å². The van der Waals surface area contributed by atoms with Crippen molar-refractivity contribution in [2.45, 2.75) is 39.2 Å². The van der Waals surface area contributed by atoms with Gasteiger partial charge in [0.25, 0.3) is 0 Å². The van der Waals surface area contributed by atoms with Gasteiger partial charge in [-0.25, -0.2) is 0 Å². The zero-order valence-corrected chi connectivity index (χ0v) is 14.6. The number of aliphatic imine (C=N–C) groups is 1. The van der Waals surface area contributed by atoms with Crippen molar-refractivity contribution in [3.05, 3.63) is 0 Å². The van der Waals surface area contributed by atoms with Gasteiger partial charge in [0.05, 0.1) is 12.7 Å². The summed E-state index contributed by atoms with van der Waals surface area (Å²) in [5, 5.41) is 6.66. The van der Waals surface area contributed by atoms with Crippen LogP contribution >= 0.6 is 0 Å². The topological polar surface area (TPSA) is 58.1 Å². The first-order chi connectivity index (χ1) is 10.8. The monoisotopic (exact) mass is 314 g/mol. The first-order valence-corrected chi connectivity index (χ1v) is 8.66. The van der Waals surface area contributed by atoms with Crippen molar-refractivity contribution in [1.82, 2.24) is 15.5 Å². The third-order valence-electron chi connectivity index (χ3n) is 3.92. The Bertz CT molecular complexity index is 290. The van der Waals surface area contributed by atoms with E-state index in [0.717, 1.165) is 71.3 Å². The molecule has 6 heteroatoms. The number of nitrogens with one attached hydrogen (secondary N) is 2. The zero-order valence-electron chi connectivity index (χ0n) is 14.6. The summed E-state index contributed by atoms with van der Waals surface area (Å²) in [6.07, 6.45) is 3.61. The lowest BCUT2D eigenvalue weighted by molar-refractivity contribution is 0.0168. The molecule has 1 fully saturated rings. The minimum atomic E-state index is 0.322. The second kappa shape index (κ2) is 12.7. The molecule has 0 amide bonds. The lowest BCUT2D eigenvalue weighted by Crippen LogP contribution is -2.42. The third-order valence-corrected chi connectivity index (χ3v) is 3.92. The van der Waals surface area contributed by atoms with Gasteiger partial charge in [-0.05, 0) is 32.4 Å². The average molecular weight is 314 g/mol. The highest BCUT2D eigenvalue weighted by Gasteiger charge is 2.14. The Morgan fingerprint density at radius 3 is 2.68 bits per heavy atom. The van der Waals surface area contributed by atoms with Crippen molar-refractivity contribution in [1.29, 1.82) is 0 Å². The normalized spacial score (nSPS) is 18.9. The molecule has 1 aliphatic heterocycles. The Morgan fingerprint density at radius 2 is 2.05 bits per heavy atom. The Morgan fingerprint density at radius 1 is 1.27 bits per heavy atom. The summed E-state index contributed by atoms with van der Waals surface area (Å²) in [6, 6.07) is 0. The Hall–Kier alpha value is -0.850. The van der Waals surface area contributed by atoms with Crippen molar-refractivity contribution in [3.63, 3.8) is 0 Å². The van der Waals surface area contributed by atoms with Gasteiger partial charge < -0.3 is 25.0 Å². The van der Waals surface area contributed by atoms with E-state index in [9.17, 15) is 0 Å². The van der Waals surface area contributed by atoms with Crippen LogP contribution in [-0.2, 0) is 9.47 Å². The molecule has 0 aromatic rings. The molecule has 1 unspecified atom stereocenters. The zero-order chi connectivity index (χ0) is 16.0. The summed E-state index contributed by atoms with van der Waals surface area (Å²) in [7, 11) is 1.81. The van der Waals surface area contributed by atoms with E-state index in [2.05, 4.69) is 34.4 Å². The summed E-state index contributed by atoms with van der Waals surface area (Å²) in [6.45, 7) is 11.8. The maximum absolute atomic E-state index is 5.64. The number of hydrogen-bond donors (Lipinski definition) is 2. The third kappa shape index (κ3) is 8.56. The molecular weight excluding hydrogens is 280 g/mol. The first kappa shape index (κ1) is 19.2. The minimum Gasteiger partial charge on any atom is -0.379 e. The summed E-state index contributed by atoms with van der Waals surface area (Å²) in [5.41, 5.74) is 0. The fourth-order valence-corrected chi connectivity index (χ4v) is 2.46. The molecule has 0 aromatic heterocycles. The molecule has 6 nitrogen and oxygen atoms in total. The average Bonchev–Trinajstić information content (AvgIpc) is 3.06. The smallest absolute Gasteiger partial charge is 0.191 e. The molecule has 0 spiro atoms. The van der Waals surface area contributed by atoms with E-state index in [-0.39, 0.29) is 0 Å². The number of nitrogens with zero attached hydrogens (tertiary/aromatic N) is 2. The van der Waals surface area contributed by atoms with E-state index in [4.69, 9.17) is 9.47 Å². The number of hydrogen-bond acceptors (Lipinski definition) is 4. The second-order valence-electron chi connectivity index (χ2n) is 5.52. The fourth-order valence-electron chi connectivity index (χ4n) is 2.46. The van der Waals surface area contributed by atoms with Gasteiger partial charge in [-0.3, -0.25) is 4.99 Å². The van der Waals surface area contributed by atoms with E-state index in [1.807, 2.05) is 0 Å². The number of likely N-dealkylation sites (N-methyl/N-ethyl adjacent to an activating group) is 1. The van der Waals surface area contributed by atoms with Crippen LogP contribution in [0.15, 0.2) is 4.99 Å². The molecule has 0 radical (unpaired) electrons. The maximum atomic E-state index is 5.64. The van der Waals surface area contributed by atoms with Crippen molar-refractivity contribution < 1.29 is 9.47 Å². The molecule has 1 aliphatic rings. The highest BCUT2D eigenvalue weighted by atomic mass is 16.5. The fraction of sp³-hybridized carbons (Fsp3) is 0.938. The second-order valence-corrected chi connectivity index (χ2v) is 5.52. The van der Waals surface area contributed by atoms with E-state index in [0.29, 0.717) is 6.10 Å². The molecule has 1 rings (SSSR count). The molecule has 1 heterocycles. The van der Waals surface area contributed by atoms with Crippen molar-refractivity contribution in [2.24, 2.45) is 4.99 Å². The van der Waals surface area contributed by atoms with Crippen LogP contribution in [0.4, 0.5) is 0 Å². The minimum absolute atomic E-state index is 0.322. The largest absolute Gasteiger partial charge is 0.379 e. The van der Waals surface area contributed by atoms with Crippen molar-refractivity contribution in [2.75, 3.05) is 59.6 Å². The highest BCUT2D eigenvalue weighted by Crippen LogP contribution is 2.11. The van der Waals surface area contributed by atoms with Gasteiger partial charge >= 0.3 is 0 Å². The predicted octanol–water partition coefficient (Wildman–Crippen LogP) is 1.08. The lowest BCUT2D eigenvalue weighted by atomic mass is 10.2. The van der Waals surface area contributed by atoms with Crippen LogP contribution in [0.25, 0.3) is 0 Å². The summed E-state index contributed by atoms with van der Waals surface area (Å²) in [5.74, 6) is 0.867. The van der Waals surface area contributed by atoms with Crippen LogP contribution in [0.1, 0.15) is 33.1 Å². The highest BCUT2D eigenvalue weighted by molar-refractivity contribution is 5.79. The molecule has 2 N–H and O–H groups in total. The van der Waals surface area contributed by atoms with Crippen LogP contribution in [0.3, 0.4) is 0 Å². The van der Waals surface area contributed by atoms with E-state index in [1.165, 1.54) is 6.42 Å². The van der Waals surface area contributed by atoms with Crippen LogP contribution in [0.5, 0.6) is 0 Å². The standard InChI is InChI=1S/C16H34N4O2/c1-4-20(5-2)11-10-19-16(17-3)18-9-7-12-21-14-15-8-6-13-22-15/h15H,4-14H2,1-3H3,(H2,17,18,19). The van der Waals surface area contributed by atoms with Gasteiger partial charge in [0.2, 0.25) is 0 Å². The molecular formula is C16H34N4O2. The van der Waals surface area contributed by atoms with Crippen molar-refractivity contribution >= 4 is 5.96 Å². The van der Waals surface area contributed by atoms with E-state index >= 15 is 0 Å². The molecule has 0 saturated carbocycles. The van der Waals surface area contributed by atoms with Crippen LogP contribution in [0.2, 0.25) is 0 Å². The molecule has 130 valence electrons. The number of ether oxygens (including phenoxy) is 2. The number of rotatable bonds is 11. The van der Waals surface area contributed by atoms with Crippen LogP contribution in [0, 0.1) is 0 Å². The van der Waals surface area contributed by atoms with Gasteiger partial charge in [0, 0.05) is 39.9 Å². The van der Waals surface area contributed by atoms with E-state index < -0.39 is 0 Å². The van der Waals surface area contributed by atoms with Gasteiger partial charge in [-0.2, -0.15) is 0 Å². The SMILES string of the molecule is CCN(CC)CCNC(=NC)NCCCOCC1CCCO1. The maximum Gasteiger partial charge on any atom is 0.191 e. The van der Waals surface area contributed by atoms with Gasteiger partial charge in [0.1, 0.15) is 0 Å². The van der Waals surface area contributed by atoms with Gasteiger partial charge in [-0.15, -0.1) is 0 Å². The first-order valence-electron chi connectivity index (χ1n) is 8.66. The molecule has 0 aliphatic carbocycles. The summed E-state index contributed by atoms with van der Waals surface area (Å²) < 4.78 is 11.2. The summed E-state index contributed by atoms with van der Waals surface area (Å²) in [4.78, 5) is 6.62. The molecule has 1 saturated heterocycles. The molecule has 0 bridgehead atoms.